The molecule has 0 bridgehead atoms. The van der Waals surface area contributed by atoms with Crippen LogP contribution >= 0.6 is 0 Å². The fraction of sp³-hybridized carbons (Fsp3) is 0.440. The van der Waals surface area contributed by atoms with Gasteiger partial charge in [0.2, 0.25) is 0 Å². The summed E-state index contributed by atoms with van der Waals surface area (Å²) in [6.45, 7) is 7.88. The lowest BCUT2D eigenvalue weighted by Crippen LogP contribution is -2.34. The number of carbonyl (C=O) groups is 1. The van der Waals surface area contributed by atoms with Gasteiger partial charge in [-0.2, -0.15) is 0 Å². The van der Waals surface area contributed by atoms with Crippen LogP contribution in [0.15, 0.2) is 59.7 Å². The molecule has 3 N–H and O–H groups in total. The number of hydrogen-bond acceptors (Lipinski definition) is 5. The highest BCUT2D eigenvalue weighted by Gasteiger charge is 2.37. The SMILES string of the molecule is CCN(CC)C(=O)c1ccc(C2=CC(CC)(CCCN)OC3=CC=CCC(O)=C32)cn1. The van der Waals surface area contributed by atoms with Crippen LogP contribution in [0.2, 0.25) is 0 Å². The first kappa shape index (κ1) is 22.8. The Labute approximate surface area is 184 Å². The molecular formula is C25H33N3O3. The number of carbonyl (C=O) groups excluding carboxylic acids is 1. The van der Waals surface area contributed by atoms with E-state index in [0.717, 1.165) is 30.4 Å². The van der Waals surface area contributed by atoms with Gasteiger partial charge in [-0.1, -0.05) is 25.1 Å². The van der Waals surface area contributed by atoms with Crippen molar-refractivity contribution in [2.75, 3.05) is 19.6 Å². The summed E-state index contributed by atoms with van der Waals surface area (Å²) >= 11 is 0. The Hall–Kier alpha value is -2.86. The maximum absolute atomic E-state index is 12.6. The Balaban J connectivity index is 2.07. The summed E-state index contributed by atoms with van der Waals surface area (Å²) in [6, 6.07) is 3.66. The molecule has 2 heterocycles. The Bertz CT molecular complexity index is 924. The molecule has 0 spiro atoms. The minimum atomic E-state index is -0.502. The summed E-state index contributed by atoms with van der Waals surface area (Å²) in [5.41, 5.74) is 8.11. The van der Waals surface area contributed by atoms with Gasteiger partial charge in [-0.15, -0.1) is 0 Å². The van der Waals surface area contributed by atoms with Gasteiger partial charge < -0.3 is 20.5 Å². The Morgan fingerprint density at radius 2 is 2.06 bits per heavy atom. The number of nitrogens with two attached hydrogens (primary N) is 1. The zero-order valence-electron chi connectivity index (χ0n) is 18.7. The predicted octanol–water partition coefficient (Wildman–Crippen LogP) is 4.52. The molecule has 0 radical (unpaired) electrons. The van der Waals surface area contributed by atoms with E-state index in [1.165, 1.54) is 0 Å². The molecule has 1 amide bonds. The Kier molecular flexibility index (Phi) is 7.33. The van der Waals surface area contributed by atoms with E-state index in [0.29, 0.717) is 43.1 Å². The number of aliphatic hydroxyl groups is 1. The largest absolute Gasteiger partial charge is 0.511 e. The Morgan fingerprint density at radius 3 is 2.68 bits per heavy atom. The monoisotopic (exact) mass is 423 g/mol. The second-order valence-electron chi connectivity index (χ2n) is 7.87. The van der Waals surface area contributed by atoms with E-state index in [9.17, 15) is 9.90 Å². The van der Waals surface area contributed by atoms with Crippen LogP contribution < -0.4 is 5.73 Å². The highest BCUT2D eigenvalue weighted by Crippen LogP contribution is 2.44. The zero-order valence-corrected chi connectivity index (χ0v) is 18.7. The van der Waals surface area contributed by atoms with Crippen molar-refractivity contribution in [2.45, 2.75) is 52.1 Å². The molecule has 2 aliphatic rings. The first-order valence-corrected chi connectivity index (χ1v) is 11.2. The molecular weight excluding hydrogens is 390 g/mol. The van der Waals surface area contributed by atoms with Gasteiger partial charge in [0.05, 0.1) is 5.57 Å². The Morgan fingerprint density at radius 1 is 1.29 bits per heavy atom. The molecule has 0 saturated carbocycles. The standard InChI is InChI=1S/C25H33N3O3/c1-4-25(14-9-15-26)16-19(23-21(29)10-7-8-11-22(23)31-25)18-12-13-20(27-17-18)24(30)28(5-2)6-3/h7-8,11-13,16-17,29H,4-6,9-10,14-15,26H2,1-3H3. The summed E-state index contributed by atoms with van der Waals surface area (Å²) in [4.78, 5) is 18.8. The zero-order chi connectivity index (χ0) is 22.4. The van der Waals surface area contributed by atoms with Crippen molar-refractivity contribution in [2.24, 2.45) is 5.73 Å². The van der Waals surface area contributed by atoms with Crippen molar-refractivity contribution in [3.63, 3.8) is 0 Å². The van der Waals surface area contributed by atoms with E-state index in [2.05, 4.69) is 18.0 Å². The average Bonchev–Trinajstić information content (AvgIpc) is 2.99. The van der Waals surface area contributed by atoms with Crippen LogP contribution in [-0.2, 0) is 4.74 Å². The minimum absolute atomic E-state index is 0.0790. The van der Waals surface area contributed by atoms with Crippen LogP contribution in [0.4, 0.5) is 0 Å². The highest BCUT2D eigenvalue weighted by atomic mass is 16.5. The number of aromatic nitrogens is 1. The summed E-state index contributed by atoms with van der Waals surface area (Å²) in [5, 5.41) is 10.8. The van der Waals surface area contributed by atoms with Crippen molar-refractivity contribution in [3.05, 3.63) is 71.0 Å². The smallest absolute Gasteiger partial charge is 0.272 e. The molecule has 1 atom stereocenters. The number of fused-ring (bicyclic) bond motifs is 1. The van der Waals surface area contributed by atoms with Gasteiger partial charge in [0.15, 0.2) is 0 Å². The maximum Gasteiger partial charge on any atom is 0.272 e. The molecule has 6 nitrogen and oxygen atoms in total. The molecule has 0 fully saturated rings. The summed E-state index contributed by atoms with van der Waals surface area (Å²) < 4.78 is 6.43. The van der Waals surface area contributed by atoms with Crippen LogP contribution in [0.3, 0.4) is 0 Å². The van der Waals surface area contributed by atoms with E-state index in [1.54, 1.807) is 17.2 Å². The highest BCUT2D eigenvalue weighted by molar-refractivity contribution is 5.93. The number of amides is 1. The third-order valence-corrected chi connectivity index (χ3v) is 5.97. The van der Waals surface area contributed by atoms with Gasteiger partial charge in [-0.25, -0.2) is 0 Å². The van der Waals surface area contributed by atoms with E-state index in [-0.39, 0.29) is 11.7 Å². The summed E-state index contributed by atoms with van der Waals surface area (Å²) in [5.74, 6) is 0.841. The van der Waals surface area contributed by atoms with Crippen molar-refractivity contribution in [1.29, 1.82) is 0 Å². The molecule has 1 aliphatic carbocycles. The third-order valence-electron chi connectivity index (χ3n) is 5.97. The second kappa shape index (κ2) is 9.96. The third kappa shape index (κ3) is 4.74. The molecule has 0 saturated heterocycles. The molecule has 1 aromatic rings. The number of hydrogen-bond donors (Lipinski definition) is 2. The number of nitrogens with zero attached hydrogens (tertiary/aromatic N) is 2. The molecule has 0 aromatic carbocycles. The number of allylic oxidation sites excluding steroid dienone is 4. The molecule has 1 aliphatic heterocycles. The van der Waals surface area contributed by atoms with E-state index < -0.39 is 5.60 Å². The van der Waals surface area contributed by atoms with Crippen molar-refractivity contribution in [1.82, 2.24) is 9.88 Å². The van der Waals surface area contributed by atoms with Crippen molar-refractivity contribution in [3.8, 4) is 0 Å². The quantitative estimate of drug-likeness (QED) is 0.642. The van der Waals surface area contributed by atoms with E-state index in [1.807, 2.05) is 38.1 Å². The van der Waals surface area contributed by atoms with E-state index in [4.69, 9.17) is 10.5 Å². The van der Waals surface area contributed by atoms with Crippen LogP contribution in [0, 0.1) is 0 Å². The topological polar surface area (TPSA) is 88.7 Å². The lowest BCUT2D eigenvalue weighted by atomic mass is 9.83. The summed E-state index contributed by atoms with van der Waals surface area (Å²) in [6.07, 6.45) is 12.4. The molecule has 166 valence electrons. The average molecular weight is 424 g/mol. The van der Waals surface area contributed by atoms with Crippen molar-refractivity contribution >= 4 is 11.5 Å². The van der Waals surface area contributed by atoms with Crippen LogP contribution in [0.1, 0.15) is 62.5 Å². The molecule has 31 heavy (non-hydrogen) atoms. The normalized spacial score (nSPS) is 20.4. The fourth-order valence-corrected chi connectivity index (χ4v) is 4.08. The lowest BCUT2D eigenvalue weighted by Gasteiger charge is -2.38. The van der Waals surface area contributed by atoms with Gasteiger partial charge in [0.1, 0.15) is 22.8 Å². The van der Waals surface area contributed by atoms with Crippen LogP contribution in [0.25, 0.3) is 5.57 Å². The minimum Gasteiger partial charge on any atom is -0.511 e. The van der Waals surface area contributed by atoms with Gasteiger partial charge in [-0.3, -0.25) is 9.78 Å². The van der Waals surface area contributed by atoms with E-state index >= 15 is 0 Å². The first-order chi connectivity index (χ1) is 15.0. The first-order valence-electron chi connectivity index (χ1n) is 11.2. The molecule has 1 unspecified atom stereocenters. The van der Waals surface area contributed by atoms with Gasteiger partial charge in [0.25, 0.3) is 5.91 Å². The fourth-order valence-electron chi connectivity index (χ4n) is 4.08. The van der Waals surface area contributed by atoms with Gasteiger partial charge in [-0.05, 0) is 63.4 Å². The van der Waals surface area contributed by atoms with Gasteiger partial charge in [0, 0.05) is 31.3 Å². The van der Waals surface area contributed by atoms with Crippen LogP contribution in [-0.4, -0.2) is 46.1 Å². The molecule has 3 rings (SSSR count). The number of aliphatic hydroxyl groups excluding tert-OH is 1. The molecule has 1 aromatic heterocycles. The number of pyridine rings is 1. The number of rotatable bonds is 8. The lowest BCUT2D eigenvalue weighted by molar-refractivity contribution is 0.0333. The molecule has 6 heteroatoms. The predicted molar refractivity (Wildman–Crippen MR) is 123 cm³/mol. The van der Waals surface area contributed by atoms with Crippen LogP contribution in [0.5, 0.6) is 0 Å². The number of ether oxygens (including phenoxy) is 1. The van der Waals surface area contributed by atoms with Crippen molar-refractivity contribution < 1.29 is 14.6 Å². The van der Waals surface area contributed by atoms with Gasteiger partial charge >= 0.3 is 0 Å². The maximum atomic E-state index is 12.6. The summed E-state index contributed by atoms with van der Waals surface area (Å²) in [7, 11) is 0. The second-order valence-corrected chi connectivity index (χ2v) is 7.87.